The average Bonchev–Trinajstić information content (AvgIpc) is 3.17. The number of aromatic nitrogens is 1. The molecule has 24 heavy (non-hydrogen) atoms. The molecular weight excluding hydrogens is 346 g/mol. The van der Waals surface area contributed by atoms with Gasteiger partial charge in [-0.1, -0.05) is 30.3 Å². The number of carbonyl (C=O) groups excluding carboxylic acids is 1. The van der Waals surface area contributed by atoms with Crippen molar-refractivity contribution in [1.29, 1.82) is 0 Å². The Kier molecular flexibility index (Phi) is 5.15. The Morgan fingerprint density at radius 2 is 2.08 bits per heavy atom. The number of rotatable bonds is 5. The highest BCUT2D eigenvalue weighted by atomic mass is 32.2. The van der Waals surface area contributed by atoms with Gasteiger partial charge in [0.25, 0.3) is 0 Å². The van der Waals surface area contributed by atoms with Crippen LogP contribution in [0.5, 0.6) is 0 Å². The van der Waals surface area contributed by atoms with Crippen LogP contribution in [0.3, 0.4) is 0 Å². The minimum absolute atomic E-state index is 0.0230. The van der Waals surface area contributed by atoms with Gasteiger partial charge >= 0.3 is 6.03 Å². The molecule has 1 aliphatic rings. The van der Waals surface area contributed by atoms with Gasteiger partial charge in [0, 0.05) is 24.2 Å². The maximum atomic E-state index is 12.6. The number of nitrogens with one attached hydrogen (secondary N) is 1. The predicted octanol–water partition coefficient (Wildman–Crippen LogP) is 2.04. The fourth-order valence-corrected chi connectivity index (χ4v) is 4.98. The van der Waals surface area contributed by atoms with Crippen LogP contribution in [0.15, 0.2) is 41.9 Å². The first kappa shape index (κ1) is 16.9. The van der Waals surface area contributed by atoms with Crippen LogP contribution in [0.4, 0.5) is 4.79 Å². The topological polar surface area (TPSA) is 79.4 Å². The lowest BCUT2D eigenvalue weighted by Crippen LogP contribution is -2.44. The number of nitrogens with zero attached hydrogens (tertiary/aromatic N) is 2. The van der Waals surface area contributed by atoms with Crippen molar-refractivity contribution in [1.82, 2.24) is 15.2 Å². The van der Waals surface area contributed by atoms with Crippen molar-refractivity contribution >= 4 is 27.2 Å². The zero-order chi connectivity index (χ0) is 17.0. The summed E-state index contributed by atoms with van der Waals surface area (Å²) >= 11 is 1.49. The van der Waals surface area contributed by atoms with Gasteiger partial charge in [0.2, 0.25) is 0 Å². The van der Waals surface area contributed by atoms with E-state index in [9.17, 15) is 13.2 Å². The molecule has 0 saturated carbocycles. The van der Waals surface area contributed by atoms with Gasteiger partial charge < -0.3 is 10.2 Å². The number of hydrogen-bond acceptors (Lipinski definition) is 5. The summed E-state index contributed by atoms with van der Waals surface area (Å²) in [5.41, 5.74) is 1.02. The van der Waals surface area contributed by atoms with Crippen LogP contribution in [0.1, 0.15) is 17.0 Å². The highest BCUT2D eigenvalue weighted by molar-refractivity contribution is 7.91. The number of sulfone groups is 1. The molecule has 128 valence electrons. The number of carbonyl (C=O) groups is 1. The molecule has 1 saturated heterocycles. The van der Waals surface area contributed by atoms with Gasteiger partial charge in [-0.3, -0.25) is 0 Å². The van der Waals surface area contributed by atoms with Crippen LogP contribution in [-0.2, 0) is 22.9 Å². The van der Waals surface area contributed by atoms with Crippen LogP contribution in [0.2, 0.25) is 0 Å². The average molecular weight is 365 g/mol. The maximum Gasteiger partial charge on any atom is 0.318 e. The lowest BCUT2D eigenvalue weighted by atomic mass is 10.2. The first-order valence-corrected chi connectivity index (χ1v) is 10.4. The summed E-state index contributed by atoms with van der Waals surface area (Å²) in [6.07, 6.45) is 2.19. The first-order valence-electron chi connectivity index (χ1n) is 7.70. The lowest BCUT2D eigenvalue weighted by Gasteiger charge is -2.24. The van der Waals surface area contributed by atoms with Gasteiger partial charge in [0.1, 0.15) is 5.01 Å². The van der Waals surface area contributed by atoms with Crippen LogP contribution in [-0.4, -0.2) is 41.9 Å². The molecule has 0 radical (unpaired) electrons. The number of amides is 2. The highest BCUT2D eigenvalue weighted by Crippen LogP contribution is 2.15. The van der Waals surface area contributed by atoms with Gasteiger partial charge in [0.15, 0.2) is 9.84 Å². The fraction of sp³-hybridized carbons (Fsp3) is 0.375. The molecule has 1 fully saturated rings. The second-order valence-electron chi connectivity index (χ2n) is 5.82. The number of thiazole rings is 1. The molecule has 8 heteroatoms. The van der Waals surface area contributed by atoms with E-state index in [0.29, 0.717) is 19.5 Å². The van der Waals surface area contributed by atoms with E-state index in [1.165, 1.54) is 11.3 Å². The molecule has 1 aromatic carbocycles. The molecule has 1 N–H and O–H groups in total. The summed E-state index contributed by atoms with van der Waals surface area (Å²) in [5.74, 6) is 0.165. The Morgan fingerprint density at radius 3 is 2.71 bits per heavy atom. The summed E-state index contributed by atoms with van der Waals surface area (Å²) in [7, 11) is -3.02. The Labute approximate surface area is 145 Å². The quantitative estimate of drug-likeness (QED) is 0.879. The molecule has 1 aliphatic heterocycles. The smallest absolute Gasteiger partial charge is 0.318 e. The van der Waals surface area contributed by atoms with Gasteiger partial charge in [-0.15, -0.1) is 11.3 Å². The van der Waals surface area contributed by atoms with Crippen LogP contribution in [0, 0.1) is 0 Å². The molecule has 3 rings (SSSR count). The molecule has 2 amide bonds. The van der Waals surface area contributed by atoms with Crippen molar-refractivity contribution in [3.63, 3.8) is 0 Å². The van der Waals surface area contributed by atoms with E-state index in [1.807, 2.05) is 35.7 Å². The largest absolute Gasteiger partial charge is 0.334 e. The van der Waals surface area contributed by atoms with Crippen LogP contribution >= 0.6 is 11.3 Å². The van der Waals surface area contributed by atoms with Gasteiger partial charge in [-0.05, 0) is 12.0 Å². The molecule has 0 bridgehead atoms. The van der Waals surface area contributed by atoms with Crippen molar-refractivity contribution in [2.24, 2.45) is 0 Å². The van der Waals surface area contributed by atoms with E-state index in [2.05, 4.69) is 10.3 Å². The second-order valence-corrected chi connectivity index (χ2v) is 9.02. The normalized spacial score (nSPS) is 19.1. The minimum atomic E-state index is -3.02. The van der Waals surface area contributed by atoms with E-state index in [1.54, 1.807) is 11.1 Å². The lowest BCUT2D eigenvalue weighted by molar-refractivity contribution is 0.189. The Balaban J connectivity index is 1.69. The first-order chi connectivity index (χ1) is 11.5. The zero-order valence-corrected chi connectivity index (χ0v) is 14.7. The Morgan fingerprint density at radius 1 is 1.29 bits per heavy atom. The summed E-state index contributed by atoms with van der Waals surface area (Å²) in [6, 6.07) is 9.15. The van der Waals surface area contributed by atoms with Crippen LogP contribution in [0.25, 0.3) is 0 Å². The highest BCUT2D eigenvalue weighted by Gasteiger charge is 2.30. The monoisotopic (exact) mass is 365 g/mol. The minimum Gasteiger partial charge on any atom is -0.334 e. The van der Waals surface area contributed by atoms with Crippen molar-refractivity contribution < 1.29 is 13.2 Å². The fourth-order valence-electron chi connectivity index (χ4n) is 2.67. The third kappa shape index (κ3) is 4.55. The predicted molar refractivity (Wildman–Crippen MR) is 93.4 cm³/mol. The maximum absolute atomic E-state index is 12.6. The summed E-state index contributed by atoms with van der Waals surface area (Å²) in [5, 5.41) is 5.57. The van der Waals surface area contributed by atoms with Gasteiger partial charge in [0.05, 0.1) is 18.1 Å². The molecule has 1 aromatic heterocycles. The van der Waals surface area contributed by atoms with E-state index in [-0.39, 0.29) is 23.6 Å². The molecule has 1 atom stereocenters. The third-order valence-electron chi connectivity index (χ3n) is 3.87. The van der Waals surface area contributed by atoms with E-state index in [4.69, 9.17) is 0 Å². The number of urea groups is 1. The summed E-state index contributed by atoms with van der Waals surface area (Å²) in [6.45, 7) is 0.851. The molecule has 2 heterocycles. The summed E-state index contributed by atoms with van der Waals surface area (Å²) < 4.78 is 23.1. The third-order valence-corrected chi connectivity index (χ3v) is 6.41. The molecule has 6 nitrogen and oxygen atoms in total. The summed E-state index contributed by atoms with van der Waals surface area (Å²) in [4.78, 5) is 18.5. The van der Waals surface area contributed by atoms with Crippen LogP contribution < -0.4 is 5.32 Å². The molecule has 0 spiro atoms. The van der Waals surface area contributed by atoms with Crippen molar-refractivity contribution in [2.75, 3.05) is 11.5 Å². The van der Waals surface area contributed by atoms with E-state index < -0.39 is 9.84 Å². The SMILES string of the molecule is O=C(N[C@@H]1CCS(=O)(=O)C1)N(Cc1ccccc1)Cc1nccs1. The number of benzene rings is 1. The van der Waals surface area contributed by atoms with Crippen molar-refractivity contribution in [2.45, 2.75) is 25.6 Å². The Bertz CT molecular complexity index is 776. The molecule has 0 aliphatic carbocycles. The van der Waals surface area contributed by atoms with E-state index >= 15 is 0 Å². The van der Waals surface area contributed by atoms with Gasteiger partial charge in [-0.25, -0.2) is 18.2 Å². The zero-order valence-electron chi connectivity index (χ0n) is 13.1. The molecule has 2 aromatic rings. The molecule has 0 unspecified atom stereocenters. The standard InChI is InChI=1S/C16H19N3O3S2/c20-16(18-14-6-9-24(21,22)12-14)19(11-15-17-7-8-23-15)10-13-4-2-1-3-5-13/h1-5,7-8,14H,6,9-12H2,(H,18,20)/t14-/m1/s1. The Hall–Kier alpha value is -1.93. The van der Waals surface area contributed by atoms with Crippen molar-refractivity contribution in [3.8, 4) is 0 Å². The number of hydrogen-bond donors (Lipinski definition) is 1. The second kappa shape index (κ2) is 7.31. The molecular formula is C16H19N3O3S2. The van der Waals surface area contributed by atoms with Crippen molar-refractivity contribution in [3.05, 3.63) is 52.5 Å². The van der Waals surface area contributed by atoms with E-state index in [0.717, 1.165) is 10.6 Å². The van der Waals surface area contributed by atoms with Gasteiger partial charge in [-0.2, -0.15) is 0 Å².